The fourth-order valence-electron chi connectivity index (χ4n) is 2.18. The lowest BCUT2D eigenvalue weighted by molar-refractivity contribution is 0.102. The molecule has 0 atom stereocenters. The largest absolute Gasteiger partial charge is 0.492 e. The van der Waals surface area contributed by atoms with Gasteiger partial charge in [0, 0.05) is 38.3 Å². The van der Waals surface area contributed by atoms with E-state index in [0.717, 1.165) is 38.5 Å². The number of benzene rings is 1. The highest BCUT2D eigenvalue weighted by Gasteiger charge is 2.13. The van der Waals surface area contributed by atoms with E-state index in [0.29, 0.717) is 17.5 Å². The first-order valence-corrected chi connectivity index (χ1v) is 8.04. The van der Waals surface area contributed by atoms with E-state index in [-0.39, 0.29) is 5.78 Å². The molecule has 0 radical (unpaired) electrons. The van der Waals surface area contributed by atoms with Crippen molar-refractivity contribution in [2.75, 3.05) is 51.7 Å². The molecule has 0 saturated carbocycles. The third-order valence-corrected chi connectivity index (χ3v) is 4.08. The van der Waals surface area contributed by atoms with Crippen LogP contribution in [-0.4, -0.2) is 67.3 Å². The number of alkyl halides is 1. The van der Waals surface area contributed by atoms with Gasteiger partial charge in [-0.2, -0.15) is 0 Å². The minimum Gasteiger partial charge on any atom is -0.492 e. The molecule has 0 aromatic heterocycles. The molecule has 20 heavy (non-hydrogen) atoms. The maximum Gasteiger partial charge on any atom is 0.173 e. The summed E-state index contributed by atoms with van der Waals surface area (Å²) in [4.78, 5) is 16.2. The summed E-state index contributed by atoms with van der Waals surface area (Å²) >= 11 is 3.17. The van der Waals surface area contributed by atoms with Crippen LogP contribution in [0.15, 0.2) is 24.3 Å². The zero-order chi connectivity index (χ0) is 14.4. The predicted octanol–water partition coefficient (Wildman–Crippen LogP) is 1.89. The number of ketones is 1. The average Bonchev–Trinajstić information content (AvgIpc) is 2.49. The lowest BCUT2D eigenvalue weighted by Crippen LogP contribution is -2.45. The summed E-state index contributed by atoms with van der Waals surface area (Å²) < 4.78 is 5.73. The van der Waals surface area contributed by atoms with Gasteiger partial charge in [0.1, 0.15) is 12.4 Å². The Labute approximate surface area is 128 Å². The molecule has 0 N–H and O–H groups in total. The van der Waals surface area contributed by atoms with E-state index in [9.17, 15) is 4.79 Å². The summed E-state index contributed by atoms with van der Waals surface area (Å²) in [7, 11) is 2.16. The summed E-state index contributed by atoms with van der Waals surface area (Å²) in [5.41, 5.74) is 0.716. The third kappa shape index (κ3) is 4.58. The zero-order valence-electron chi connectivity index (χ0n) is 11.8. The number of ether oxygens (including phenoxy) is 1. The first kappa shape index (κ1) is 15.5. The van der Waals surface area contributed by atoms with Gasteiger partial charge >= 0.3 is 0 Å². The molecule has 110 valence electrons. The molecule has 1 aromatic rings. The highest BCUT2D eigenvalue weighted by Crippen LogP contribution is 2.13. The number of hydrogen-bond donors (Lipinski definition) is 0. The molecule has 1 fully saturated rings. The fourth-order valence-corrected chi connectivity index (χ4v) is 2.50. The van der Waals surface area contributed by atoms with Crippen LogP contribution in [0.3, 0.4) is 0 Å². The number of likely N-dealkylation sites (N-methyl/N-ethyl adjacent to an activating group) is 1. The molecule has 0 aliphatic carbocycles. The molecule has 4 nitrogen and oxygen atoms in total. The molecule has 2 rings (SSSR count). The van der Waals surface area contributed by atoms with Crippen LogP contribution in [0, 0.1) is 0 Å². The normalized spacial score (nSPS) is 17.1. The number of hydrogen-bond acceptors (Lipinski definition) is 4. The van der Waals surface area contributed by atoms with Crippen molar-refractivity contribution in [3.63, 3.8) is 0 Å². The van der Waals surface area contributed by atoms with Gasteiger partial charge in [-0.25, -0.2) is 0 Å². The molecule has 1 aliphatic heterocycles. The monoisotopic (exact) mass is 340 g/mol. The van der Waals surface area contributed by atoms with Crippen molar-refractivity contribution >= 4 is 21.7 Å². The molecular formula is C15H21BrN2O2. The smallest absolute Gasteiger partial charge is 0.173 e. The number of halogens is 1. The molecule has 0 bridgehead atoms. The Balaban J connectivity index is 1.73. The van der Waals surface area contributed by atoms with Crippen LogP contribution in [-0.2, 0) is 0 Å². The minimum atomic E-state index is 0.0917. The highest BCUT2D eigenvalue weighted by atomic mass is 79.9. The Morgan fingerprint density at radius 3 is 2.45 bits per heavy atom. The first-order valence-electron chi connectivity index (χ1n) is 6.92. The van der Waals surface area contributed by atoms with Crippen molar-refractivity contribution in [2.45, 2.75) is 0 Å². The Bertz CT molecular complexity index is 428. The SMILES string of the molecule is CN1CCN(CCOc2ccc(C(=O)CBr)cc2)CC1. The van der Waals surface area contributed by atoms with Gasteiger partial charge in [0.15, 0.2) is 5.78 Å². The van der Waals surface area contributed by atoms with Gasteiger partial charge in [-0.05, 0) is 31.3 Å². The second kappa shape index (κ2) is 7.76. The van der Waals surface area contributed by atoms with Gasteiger partial charge in [0.05, 0.1) is 5.33 Å². The van der Waals surface area contributed by atoms with E-state index in [1.165, 1.54) is 0 Å². The molecule has 0 amide bonds. The van der Waals surface area contributed by atoms with Gasteiger partial charge < -0.3 is 9.64 Å². The Hall–Kier alpha value is -0.910. The number of rotatable bonds is 6. The molecule has 1 aliphatic rings. The Morgan fingerprint density at radius 1 is 1.20 bits per heavy atom. The highest BCUT2D eigenvalue weighted by molar-refractivity contribution is 9.09. The average molecular weight is 341 g/mol. The maximum absolute atomic E-state index is 11.5. The topological polar surface area (TPSA) is 32.8 Å². The van der Waals surface area contributed by atoms with Crippen molar-refractivity contribution in [1.29, 1.82) is 0 Å². The van der Waals surface area contributed by atoms with E-state index >= 15 is 0 Å². The van der Waals surface area contributed by atoms with Gasteiger partial charge in [0.25, 0.3) is 0 Å². The number of piperazine rings is 1. The molecule has 5 heteroatoms. The van der Waals surface area contributed by atoms with Gasteiger partial charge in [-0.15, -0.1) is 0 Å². The molecule has 1 heterocycles. The van der Waals surface area contributed by atoms with Gasteiger partial charge in [-0.3, -0.25) is 9.69 Å². The summed E-state index contributed by atoms with van der Waals surface area (Å²) in [6, 6.07) is 7.35. The van der Waals surface area contributed by atoms with Crippen LogP contribution in [0.25, 0.3) is 0 Å². The Kier molecular flexibility index (Phi) is 6.01. The van der Waals surface area contributed by atoms with Gasteiger partial charge in [-0.1, -0.05) is 15.9 Å². The van der Waals surface area contributed by atoms with E-state index in [2.05, 4.69) is 32.8 Å². The summed E-state index contributed by atoms with van der Waals surface area (Å²) in [5, 5.41) is 0.358. The van der Waals surface area contributed by atoms with Crippen molar-refractivity contribution < 1.29 is 9.53 Å². The second-order valence-corrected chi connectivity index (χ2v) is 5.64. The third-order valence-electron chi connectivity index (χ3n) is 3.57. The number of carbonyl (C=O) groups excluding carboxylic acids is 1. The molecule has 0 unspecified atom stereocenters. The summed E-state index contributed by atoms with van der Waals surface area (Å²) in [6.07, 6.45) is 0. The zero-order valence-corrected chi connectivity index (χ0v) is 13.4. The van der Waals surface area contributed by atoms with Gasteiger partial charge in [0.2, 0.25) is 0 Å². The number of Topliss-reactive ketones (excluding diaryl/α,β-unsaturated/α-hetero) is 1. The van der Waals surface area contributed by atoms with Crippen molar-refractivity contribution in [3.8, 4) is 5.75 Å². The van der Waals surface area contributed by atoms with E-state index in [4.69, 9.17) is 4.74 Å². The quantitative estimate of drug-likeness (QED) is 0.584. The summed E-state index contributed by atoms with van der Waals surface area (Å²) in [6.45, 7) is 6.12. The molecule has 0 spiro atoms. The number of nitrogens with zero attached hydrogens (tertiary/aromatic N) is 2. The van der Waals surface area contributed by atoms with Crippen LogP contribution >= 0.6 is 15.9 Å². The standard InChI is InChI=1S/C15H21BrN2O2/c1-17-6-8-18(9-7-17)10-11-20-14-4-2-13(3-5-14)15(19)12-16/h2-5H,6-12H2,1H3. The predicted molar refractivity (Wildman–Crippen MR) is 84.0 cm³/mol. The van der Waals surface area contributed by atoms with Crippen molar-refractivity contribution in [3.05, 3.63) is 29.8 Å². The Morgan fingerprint density at radius 2 is 1.85 bits per heavy atom. The van der Waals surface area contributed by atoms with Crippen LogP contribution in [0.2, 0.25) is 0 Å². The van der Waals surface area contributed by atoms with Crippen molar-refractivity contribution in [1.82, 2.24) is 9.80 Å². The van der Waals surface area contributed by atoms with E-state index in [1.54, 1.807) is 0 Å². The van der Waals surface area contributed by atoms with Crippen LogP contribution < -0.4 is 4.74 Å². The van der Waals surface area contributed by atoms with E-state index < -0.39 is 0 Å². The lowest BCUT2D eigenvalue weighted by atomic mass is 10.1. The van der Waals surface area contributed by atoms with Crippen LogP contribution in [0.5, 0.6) is 5.75 Å². The molecule has 1 aromatic carbocycles. The minimum absolute atomic E-state index is 0.0917. The lowest BCUT2D eigenvalue weighted by Gasteiger charge is -2.32. The number of carbonyl (C=O) groups is 1. The maximum atomic E-state index is 11.5. The van der Waals surface area contributed by atoms with Crippen LogP contribution in [0.4, 0.5) is 0 Å². The summed E-state index contributed by atoms with van der Waals surface area (Å²) in [5.74, 6) is 0.916. The second-order valence-electron chi connectivity index (χ2n) is 5.07. The molecule has 1 saturated heterocycles. The van der Waals surface area contributed by atoms with Crippen LogP contribution in [0.1, 0.15) is 10.4 Å². The first-order chi connectivity index (χ1) is 9.69. The fraction of sp³-hybridized carbons (Fsp3) is 0.533. The molecular weight excluding hydrogens is 320 g/mol. The van der Waals surface area contributed by atoms with Crippen molar-refractivity contribution in [2.24, 2.45) is 0 Å². The van der Waals surface area contributed by atoms with E-state index in [1.807, 2.05) is 24.3 Å².